The Morgan fingerprint density at radius 1 is 1.38 bits per heavy atom. The third-order valence-electron chi connectivity index (χ3n) is 3.09. The topological polar surface area (TPSA) is 61.4 Å². The van der Waals surface area contributed by atoms with E-state index in [2.05, 4.69) is 23.1 Å². The van der Waals surface area contributed by atoms with Crippen molar-refractivity contribution in [2.75, 3.05) is 11.9 Å². The molecule has 1 aromatic carbocycles. The van der Waals surface area contributed by atoms with Crippen molar-refractivity contribution in [1.82, 2.24) is 5.32 Å². The lowest BCUT2D eigenvalue weighted by Crippen LogP contribution is -2.25. The number of benzene rings is 1. The summed E-state index contributed by atoms with van der Waals surface area (Å²) >= 11 is 0. The molecule has 0 aliphatic carbocycles. The van der Waals surface area contributed by atoms with Gasteiger partial charge in [-0.15, -0.1) is 12.3 Å². The van der Waals surface area contributed by atoms with Crippen molar-refractivity contribution in [3.05, 3.63) is 42.0 Å². The Hall–Kier alpha value is -2.46. The van der Waals surface area contributed by atoms with Crippen LogP contribution in [0.15, 0.2) is 30.9 Å². The Kier molecular flexibility index (Phi) is 7.33. The fourth-order valence-electron chi connectivity index (χ4n) is 1.89. The highest BCUT2D eigenvalue weighted by atomic mass is 19.4. The summed E-state index contributed by atoms with van der Waals surface area (Å²) < 4.78 is 38.9. The van der Waals surface area contributed by atoms with E-state index in [0.717, 1.165) is 24.6 Å². The number of unbranched alkanes of at least 4 members (excludes halogenated alkanes) is 2. The first-order valence-corrected chi connectivity index (χ1v) is 7.29. The maximum absolute atomic E-state index is 13.0. The van der Waals surface area contributed by atoms with Crippen LogP contribution in [0, 0.1) is 12.3 Å². The average molecular weight is 340 g/mol. The summed E-state index contributed by atoms with van der Waals surface area (Å²) in [6.45, 7) is 3.64. The number of aliphatic hydroxyl groups excluding tert-OH is 1. The molecule has 0 spiro atoms. The highest BCUT2D eigenvalue weighted by molar-refractivity contribution is 5.95. The van der Waals surface area contributed by atoms with Crippen molar-refractivity contribution in [3.63, 3.8) is 0 Å². The van der Waals surface area contributed by atoms with Crippen molar-refractivity contribution in [3.8, 4) is 12.3 Å². The second-order valence-corrected chi connectivity index (χ2v) is 5.04. The van der Waals surface area contributed by atoms with Crippen molar-refractivity contribution in [1.29, 1.82) is 0 Å². The van der Waals surface area contributed by atoms with Gasteiger partial charge in [-0.1, -0.05) is 6.58 Å². The van der Waals surface area contributed by atoms with Gasteiger partial charge in [0.2, 0.25) is 0 Å². The highest BCUT2D eigenvalue weighted by Gasteiger charge is 2.32. The van der Waals surface area contributed by atoms with Crippen LogP contribution >= 0.6 is 0 Å². The van der Waals surface area contributed by atoms with E-state index in [1.165, 1.54) is 6.07 Å². The number of hydrogen-bond donors (Lipinski definition) is 3. The Labute approximate surface area is 138 Å². The predicted molar refractivity (Wildman–Crippen MR) is 86.3 cm³/mol. The van der Waals surface area contributed by atoms with Crippen LogP contribution < -0.4 is 10.6 Å². The maximum atomic E-state index is 13.0. The van der Waals surface area contributed by atoms with E-state index in [-0.39, 0.29) is 11.3 Å². The van der Waals surface area contributed by atoms with Crippen LogP contribution in [0.25, 0.3) is 0 Å². The second kappa shape index (κ2) is 8.99. The van der Waals surface area contributed by atoms with Gasteiger partial charge in [-0.2, -0.15) is 13.2 Å². The maximum Gasteiger partial charge on any atom is 0.416 e. The molecule has 1 unspecified atom stereocenters. The molecule has 0 fully saturated rings. The van der Waals surface area contributed by atoms with E-state index in [1.807, 2.05) is 0 Å². The van der Waals surface area contributed by atoms with Gasteiger partial charge in [0.1, 0.15) is 6.23 Å². The van der Waals surface area contributed by atoms with Gasteiger partial charge < -0.3 is 15.7 Å². The average Bonchev–Trinajstić information content (AvgIpc) is 2.53. The summed E-state index contributed by atoms with van der Waals surface area (Å²) in [5.74, 6) is 1.84. The quantitative estimate of drug-likeness (QED) is 0.295. The van der Waals surface area contributed by atoms with Gasteiger partial charge in [-0.05, 0) is 37.1 Å². The standard InChI is InChI=1S/C17H19F3N2O2/c1-3-5-6-7-8-21-16(24)12-9-13(17(18,19)20)11-14(10-12)22-15(23)4-2/h1,4,9-11,15,22-23H,2,5-8H2,(H,21,24). The first kappa shape index (κ1) is 19.6. The van der Waals surface area contributed by atoms with Crippen LogP contribution in [0.1, 0.15) is 35.2 Å². The second-order valence-electron chi connectivity index (χ2n) is 5.04. The fraction of sp³-hybridized carbons (Fsp3) is 0.353. The molecule has 0 saturated heterocycles. The lowest BCUT2D eigenvalue weighted by atomic mass is 10.1. The smallest absolute Gasteiger partial charge is 0.370 e. The zero-order valence-corrected chi connectivity index (χ0v) is 13.0. The molecule has 0 heterocycles. The number of rotatable bonds is 8. The molecule has 24 heavy (non-hydrogen) atoms. The molecular weight excluding hydrogens is 321 g/mol. The van der Waals surface area contributed by atoms with Crippen LogP contribution in [0.3, 0.4) is 0 Å². The number of terminal acetylenes is 1. The Morgan fingerprint density at radius 3 is 2.67 bits per heavy atom. The molecule has 4 nitrogen and oxygen atoms in total. The summed E-state index contributed by atoms with van der Waals surface area (Å²) in [5.41, 5.74) is -1.17. The first-order valence-electron chi connectivity index (χ1n) is 7.29. The number of carbonyl (C=O) groups is 1. The summed E-state index contributed by atoms with van der Waals surface area (Å²) in [6, 6.07) is 2.82. The SMILES string of the molecule is C#CCCCCNC(=O)c1cc(NC(O)C=C)cc(C(F)(F)F)c1. The van der Waals surface area contributed by atoms with Crippen molar-refractivity contribution < 1.29 is 23.1 Å². The largest absolute Gasteiger partial charge is 0.416 e. The number of alkyl halides is 3. The minimum absolute atomic E-state index is 0.0327. The Balaban J connectivity index is 2.91. The molecule has 0 aliphatic heterocycles. The summed E-state index contributed by atoms with van der Waals surface area (Å²) in [5, 5.41) is 14.4. The minimum atomic E-state index is -4.61. The van der Waals surface area contributed by atoms with Crippen molar-refractivity contribution >= 4 is 11.6 Å². The molecule has 7 heteroatoms. The molecule has 0 bridgehead atoms. The van der Waals surface area contributed by atoms with E-state index in [9.17, 15) is 23.1 Å². The number of amides is 1. The van der Waals surface area contributed by atoms with E-state index in [0.29, 0.717) is 19.4 Å². The zero-order valence-electron chi connectivity index (χ0n) is 13.0. The minimum Gasteiger partial charge on any atom is -0.370 e. The van der Waals surface area contributed by atoms with E-state index >= 15 is 0 Å². The van der Waals surface area contributed by atoms with Crippen LogP contribution in [-0.4, -0.2) is 23.8 Å². The van der Waals surface area contributed by atoms with E-state index < -0.39 is 23.9 Å². The third-order valence-corrected chi connectivity index (χ3v) is 3.09. The highest BCUT2D eigenvalue weighted by Crippen LogP contribution is 2.32. The molecule has 0 saturated carbocycles. The predicted octanol–water partition coefficient (Wildman–Crippen LogP) is 3.16. The van der Waals surface area contributed by atoms with Gasteiger partial charge in [0.15, 0.2) is 0 Å². The van der Waals surface area contributed by atoms with Crippen LogP contribution in [0.5, 0.6) is 0 Å². The molecule has 1 amide bonds. The molecule has 1 atom stereocenters. The summed E-state index contributed by atoms with van der Waals surface area (Å²) in [4.78, 5) is 12.0. The number of hydrogen-bond acceptors (Lipinski definition) is 3. The number of halogens is 3. The summed E-state index contributed by atoms with van der Waals surface area (Å²) in [6.07, 6.45) is 2.31. The van der Waals surface area contributed by atoms with Crippen molar-refractivity contribution in [2.45, 2.75) is 31.7 Å². The van der Waals surface area contributed by atoms with Gasteiger partial charge in [0.25, 0.3) is 5.91 Å². The first-order chi connectivity index (χ1) is 11.3. The Morgan fingerprint density at radius 2 is 2.08 bits per heavy atom. The van der Waals surface area contributed by atoms with Crippen LogP contribution in [0.2, 0.25) is 0 Å². The monoisotopic (exact) mass is 340 g/mol. The number of nitrogens with one attached hydrogen (secondary N) is 2. The fourth-order valence-corrected chi connectivity index (χ4v) is 1.89. The lowest BCUT2D eigenvalue weighted by Gasteiger charge is -2.15. The van der Waals surface area contributed by atoms with Crippen LogP contribution in [-0.2, 0) is 6.18 Å². The number of anilines is 1. The molecule has 0 radical (unpaired) electrons. The Bertz CT molecular complexity index is 621. The van der Waals surface area contributed by atoms with Crippen molar-refractivity contribution in [2.24, 2.45) is 0 Å². The van der Waals surface area contributed by atoms with Gasteiger partial charge >= 0.3 is 6.18 Å². The van der Waals surface area contributed by atoms with Gasteiger partial charge in [-0.3, -0.25) is 4.79 Å². The van der Waals surface area contributed by atoms with Gasteiger partial charge in [0, 0.05) is 24.2 Å². The van der Waals surface area contributed by atoms with Gasteiger partial charge in [0.05, 0.1) is 5.56 Å². The molecule has 130 valence electrons. The van der Waals surface area contributed by atoms with Gasteiger partial charge in [-0.25, -0.2) is 0 Å². The lowest BCUT2D eigenvalue weighted by molar-refractivity contribution is -0.137. The molecule has 1 aromatic rings. The molecule has 3 N–H and O–H groups in total. The molecule has 1 rings (SSSR count). The van der Waals surface area contributed by atoms with Crippen LogP contribution in [0.4, 0.5) is 18.9 Å². The third kappa shape index (κ3) is 6.34. The molecular formula is C17H19F3N2O2. The molecule has 0 aromatic heterocycles. The van der Waals surface area contributed by atoms with E-state index in [4.69, 9.17) is 6.42 Å². The number of aliphatic hydroxyl groups is 1. The van der Waals surface area contributed by atoms with E-state index in [1.54, 1.807) is 0 Å². The zero-order chi connectivity index (χ0) is 18.2. The summed E-state index contributed by atoms with van der Waals surface area (Å²) in [7, 11) is 0. The molecule has 0 aliphatic rings. The number of carbonyl (C=O) groups excluding carboxylic acids is 1. The normalized spacial score (nSPS) is 12.1.